The summed E-state index contributed by atoms with van der Waals surface area (Å²) in [5, 5.41) is 6.00. The first kappa shape index (κ1) is 27.8. The zero-order chi connectivity index (χ0) is 27.2. The van der Waals surface area contributed by atoms with Gasteiger partial charge in [0, 0.05) is 21.7 Å². The first-order valence-electron chi connectivity index (χ1n) is 11.1. The molecule has 4 rings (SSSR count). The standard InChI is InChI=1S/C23H23IN6O6S2/c1-34-14-7-5-12(6-8-14)10-36-22(33)17-13(4-3-9-24)11-37-21-16(20(32)30(17)21)26-19(31)15(28-35-2)18-27-23(25)38-29-18/h3-8,16,21H,9-11H2,1-2H3,(H,26,31)(H2,25,27,29)/b4-3+,28-15+/t16-,21-/m1/s1. The fourth-order valence-electron chi connectivity index (χ4n) is 3.70. The Bertz CT molecular complexity index is 1310. The number of halogens is 1. The predicted octanol–water partition coefficient (Wildman–Crippen LogP) is 1.87. The Morgan fingerprint density at radius 3 is 2.71 bits per heavy atom. The molecule has 200 valence electrons. The van der Waals surface area contributed by atoms with Crippen LogP contribution >= 0.6 is 45.9 Å². The van der Waals surface area contributed by atoms with E-state index in [4.69, 9.17) is 20.0 Å². The molecule has 15 heteroatoms. The van der Waals surface area contributed by atoms with E-state index in [1.54, 1.807) is 31.4 Å². The largest absolute Gasteiger partial charge is 0.497 e. The number of fused-ring (bicyclic) bond motifs is 1. The van der Waals surface area contributed by atoms with Gasteiger partial charge in [-0.2, -0.15) is 9.36 Å². The van der Waals surface area contributed by atoms with Crippen molar-refractivity contribution in [3.05, 3.63) is 59.1 Å². The van der Waals surface area contributed by atoms with Gasteiger partial charge in [-0.15, -0.1) is 11.8 Å². The van der Waals surface area contributed by atoms with E-state index in [1.807, 2.05) is 12.2 Å². The van der Waals surface area contributed by atoms with E-state index in [2.05, 4.69) is 42.4 Å². The number of nitrogen functional groups attached to an aromatic ring is 1. The van der Waals surface area contributed by atoms with Crippen molar-refractivity contribution in [1.29, 1.82) is 0 Å². The first-order chi connectivity index (χ1) is 18.4. The van der Waals surface area contributed by atoms with Crippen LogP contribution in [0.5, 0.6) is 5.75 Å². The molecule has 2 aromatic rings. The van der Waals surface area contributed by atoms with Gasteiger partial charge in [-0.05, 0) is 23.3 Å². The fourth-order valence-corrected chi connectivity index (χ4v) is 5.71. The third kappa shape index (κ3) is 5.94. The minimum absolute atomic E-state index is 0.0132. The third-order valence-electron chi connectivity index (χ3n) is 5.47. The number of oxime groups is 1. The van der Waals surface area contributed by atoms with Crippen LogP contribution in [0, 0.1) is 0 Å². The Morgan fingerprint density at radius 2 is 2.08 bits per heavy atom. The number of hydrogen-bond donors (Lipinski definition) is 2. The highest BCUT2D eigenvalue weighted by Gasteiger charge is 2.54. The monoisotopic (exact) mass is 670 g/mol. The van der Waals surface area contributed by atoms with Gasteiger partial charge in [0.2, 0.25) is 11.5 Å². The summed E-state index contributed by atoms with van der Waals surface area (Å²) in [6.45, 7) is 0.0240. The Balaban J connectivity index is 1.50. The van der Waals surface area contributed by atoms with Crippen LogP contribution in [0.3, 0.4) is 0 Å². The molecule has 3 heterocycles. The maximum atomic E-state index is 13.2. The summed E-state index contributed by atoms with van der Waals surface area (Å²) in [5.41, 5.74) is 7.01. The summed E-state index contributed by atoms with van der Waals surface area (Å²) in [7, 11) is 2.84. The zero-order valence-corrected chi connectivity index (χ0v) is 24.0. The van der Waals surface area contributed by atoms with E-state index in [1.165, 1.54) is 23.8 Å². The molecule has 1 aromatic heterocycles. The van der Waals surface area contributed by atoms with Crippen molar-refractivity contribution in [2.24, 2.45) is 5.16 Å². The van der Waals surface area contributed by atoms with Crippen molar-refractivity contribution in [1.82, 2.24) is 19.6 Å². The van der Waals surface area contributed by atoms with Crippen LogP contribution in [0.1, 0.15) is 11.4 Å². The van der Waals surface area contributed by atoms with E-state index >= 15 is 0 Å². The van der Waals surface area contributed by atoms with Crippen molar-refractivity contribution >= 4 is 74.5 Å². The van der Waals surface area contributed by atoms with Gasteiger partial charge in [-0.1, -0.05) is 52.0 Å². The van der Waals surface area contributed by atoms with Crippen molar-refractivity contribution in [3.8, 4) is 5.75 Å². The molecule has 2 amide bonds. The predicted molar refractivity (Wildman–Crippen MR) is 151 cm³/mol. The Morgan fingerprint density at radius 1 is 1.32 bits per heavy atom. The van der Waals surface area contributed by atoms with E-state index < -0.39 is 29.2 Å². The number of esters is 1. The molecule has 12 nitrogen and oxygen atoms in total. The minimum atomic E-state index is -0.898. The number of ether oxygens (including phenoxy) is 2. The van der Waals surface area contributed by atoms with Crippen molar-refractivity contribution in [2.75, 3.05) is 30.1 Å². The molecule has 0 unspecified atom stereocenters. The molecule has 0 aliphatic carbocycles. The second-order valence-corrected chi connectivity index (χ2v) is 10.6. The SMILES string of the molecule is CO/N=C(/C(=O)N[C@@H]1C(=O)N2C(C(=O)OCc3ccc(OC)cc3)=C(/C=C/CI)CS[C@H]12)c1nsc(N)n1. The number of alkyl halides is 1. The van der Waals surface area contributed by atoms with Gasteiger partial charge in [0.1, 0.15) is 36.6 Å². The second-order valence-electron chi connectivity index (χ2n) is 7.79. The number of carbonyl (C=O) groups is 3. The number of nitrogens with two attached hydrogens (primary N) is 1. The number of aromatic nitrogens is 2. The number of benzene rings is 1. The molecule has 0 spiro atoms. The third-order valence-corrected chi connectivity index (χ3v) is 7.82. The van der Waals surface area contributed by atoms with Crippen molar-refractivity contribution in [2.45, 2.75) is 18.0 Å². The van der Waals surface area contributed by atoms with Crippen LogP contribution in [0.15, 0.2) is 52.8 Å². The Labute approximate surface area is 240 Å². The molecule has 1 saturated heterocycles. The van der Waals surface area contributed by atoms with Gasteiger partial charge < -0.3 is 25.4 Å². The number of thioether (sulfide) groups is 1. The number of carbonyl (C=O) groups excluding carboxylic acids is 3. The zero-order valence-electron chi connectivity index (χ0n) is 20.3. The normalized spacial score (nSPS) is 19.2. The van der Waals surface area contributed by atoms with Crippen molar-refractivity contribution in [3.63, 3.8) is 0 Å². The van der Waals surface area contributed by atoms with Gasteiger partial charge in [0.05, 0.1) is 7.11 Å². The van der Waals surface area contributed by atoms with E-state index in [0.29, 0.717) is 17.1 Å². The number of nitrogens with zero attached hydrogens (tertiary/aromatic N) is 4. The molecule has 3 N–H and O–H groups in total. The Kier molecular flexibility index (Phi) is 9.22. The van der Waals surface area contributed by atoms with Crippen LogP contribution < -0.4 is 15.8 Å². The van der Waals surface area contributed by atoms with Gasteiger partial charge in [0.25, 0.3) is 11.8 Å². The molecule has 38 heavy (non-hydrogen) atoms. The van der Waals surface area contributed by atoms with Gasteiger partial charge in [-0.25, -0.2) is 4.79 Å². The molecule has 2 aliphatic heterocycles. The number of hydrogen-bond acceptors (Lipinski definition) is 12. The summed E-state index contributed by atoms with van der Waals surface area (Å²) in [4.78, 5) is 49.5. The highest BCUT2D eigenvalue weighted by atomic mass is 127. The maximum Gasteiger partial charge on any atom is 0.355 e. The highest BCUT2D eigenvalue weighted by molar-refractivity contribution is 14.1. The molecule has 1 fully saturated rings. The number of rotatable bonds is 10. The molecule has 0 saturated carbocycles. The average molecular weight is 671 g/mol. The molecule has 1 aromatic carbocycles. The summed E-state index contributed by atoms with van der Waals surface area (Å²) < 4.78 is 15.4. The van der Waals surface area contributed by atoms with Crippen LogP contribution in [0.4, 0.5) is 5.13 Å². The lowest BCUT2D eigenvalue weighted by Gasteiger charge is -2.49. The number of methoxy groups -OCH3 is 1. The average Bonchev–Trinajstić information content (AvgIpc) is 3.37. The molecular formula is C23H23IN6O6S2. The summed E-state index contributed by atoms with van der Waals surface area (Å²) in [6.07, 6.45) is 3.72. The number of nitrogens with one attached hydrogen (secondary N) is 1. The number of amides is 2. The van der Waals surface area contributed by atoms with E-state index in [0.717, 1.165) is 21.5 Å². The van der Waals surface area contributed by atoms with Crippen LogP contribution in [-0.2, 0) is 30.6 Å². The fraction of sp³-hybridized carbons (Fsp3) is 0.304. The molecule has 2 atom stereocenters. The molecule has 0 bridgehead atoms. The molecule has 2 aliphatic rings. The first-order valence-corrected chi connectivity index (χ1v) is 14.4. The van der Waals surface area contributed by atoms with E-state index in [-0.39, 0.29) is 29.0 Å². The van der Waals surface area contributed by atoms with Crippen molar-refractivity contribution < 1.29 is 28.7 Å². The second kappa shape index (κ2) is 12.6. The van der Waals surface area contributed by atoms with Gasteiger partial charge >= 0.3 is 5.97 Å². The summed E-state index contributed by atoms with van der Waals surface area (Å²) in [6, 6.07) is 6.23. The number of anilines is 1. The summed E-state index contributed by atoms with van der Waals surface area (Å²) >= 11 is 4.52. The van der Waals surface area contributed by atoms with E-state index in [9.17, 15) is 14.4 Å². The number of allylic oxidation sites excluding steroid dienone is 2. The van der Waals surface area contributed by atoms with Crippen LogP contribution in [-0.4, -0.2) is 73.6 Å². The minimum Gasteiger partial charge on any atom is -0.497 e. The lowest BCUT2D eigenvalue weighted by molar-refractivity contribution is -0.153. The topological polar surface area (TPSA) is 158 Å². The smallest absolute Gasteiger partial charge is 0.355 e. The van der Waals surface area contributed by atoms with Gasteiger partial charge in [-0.3, -0.25) is 14.5 Å². The molecule has 0 radical (unpaired) electrons. The lowest BCUT2D eigenvalue weighted by Crippen LogP contribution is -2.71. The van der Waals surface area contributed by atoms with Crippen LogP contribution in [0.25, 0.3) is 0 Å². The summed E-state index contributed by atoms with van der Waals surface area (Å²) in [5.74, 6) is -0.652. The maximum absolute atomic E-state index is 13.2. The number of β-lactam (4-membered cyclic amide) rings is 1. The quantitative estimate of drug-likeness (QED) is 0.0955. The van der Waals surface area contributed by atoms with Gasteiger partial charge in [0.15, 0.2) is 5.13 Å². The highest BCUT2D eigenvalue weighted by Crippen LogP contribution is 2.41. The Hall–Kier alpha value is -3.18. The van der Waals surface area contributed by atoms with Crippen LogP contribution in [0.2, 0.25) is 0 Å². The lowest BCUT2D eigenvalue weighted by atomic mass is 10.0. The molecular weight excluding hydrogens is 647 g/mol.